The van der Waals surface area contributed by atoms with E-state index < -0.39 is 0 Å². The van der Waals surface area contributed by atoms with Crippen LogP contribution in [0.15, 0.2) is 11.8 Å². The molecule has 8 heavy (non-hydrogen) atoms. The molecule has 0 saturated carbocycles. The Balaban J connectivity index is 3.29. The van der Waals surface area contributed by atoms with Gasteiger partial charge in [-0.25, -0.2) is 5.48 Å². The van der Waals surface area contributed by atoms with Crippen molar-refractivity contribution < 1.29 is 4.53 Å². The van der Waals surface area contributed by atoms with Gasteiger partial charge in [-0.2, -0.15) is 0 Å². The molecule has 2 nitrogen and oxygen atoms in total. The van der Waals surface area contributed by atoms with E-state index in [0.717, 1.165) is 5.70 Å². The van der Waals surface area contributed by atoms with E-state index in [1.165, 1.54) is 0 Å². The van der Waals surface area contributed by atoms with Gasteiger partial charge in [0.25, 0.3) is 9.20 Å². The van der Waals surface area contributed by atoms with Gasteiger partial charge in [0, 0.05) is 5.70 Å². The van der Waals surface area contributed by atoms with E-state index >= 15 is 0 Å². The highest BCUT2D eigenvalue weighted by molar-refractivity contribution is 6.11. The van der Waals surface area contributed by atoms with Crippen molar-refractivity contribution in [2.75, 3.05) is 0 Å². The van der Waals surface area contributed by atoms with Gasteiger partial charge in [-0.15, -0.1) is 6.00 Å². The summed E-state index contributed by atoms with van der Waals surface area (Å²) in [6.45, 7) is 3.82. The molecule has 0 rings (SSSR count). The van der Waals surface area contributed by atoms with Crippen LogP contribution in [0, 0.1) is 6.00 Å². The molecule has 0 aromatic carbocycles. The highest BCUT2D eigenvalue weighted by atomic mass is 28.2. The molecule has 0 fully saturated rings. The van der Waals surface area contributed by atoms with Crippen LogP contribution < -0.4 is 5.48 Å². The molecular formula is C5H9NOSi. The predicted molar refractivity (Wildman–Crippen MR) is 34.4 cm³/mol. The van der Waals surface area contributed by atoms with Crippen LogP contribution in [0.3, 0.4) is 0 Å². The van der Waals surface area contributed by atoms with Gasteiger partial charge in [-0.05, 0) is 13.8 Å². The molecule has 0 aromatic heterocycles. The maximum absolute atomic E-state index is 5.05. The van der Waals surface area contributed by atoms with Gasteiger partial charge in [0.15, 0.2) is 0 Å². The number of hydrogen-bond donors (Lipinski definition) is 1. The second kappa shape index (κ2) is 4.49. The van der Waals surface area contributed by atoms with Crippen molar-refractivity contribution in [1.29, 1.82) is 0 Å². The first kappa shape index (κ1) is 7.34. The Morgan fingerprint density at radius 1 is 1.88 bits per heavy atom. The number of hydrogen-bond acceptors (Lipinski definition) is 2. The van der Waals surface area contributed by atoms with Crippen molar-refractivity contribution >= 4 is 9.20 Å². The number of hydroxylamine groups is 1. The lowest BCUT2D eigenvalue weighted by Crippen LogP contribution is -2.09. The summed E-state index contributed by atoms with van der Waals surface area (Å²) < 4.78 is 4.67. The van der Waals surface area contributed by atoms with Crippen LogP contribution in [-0.4, -0.2) is 9.20 Å². The normalized spacial score (nSPS) is 9.88. The molecule has 0 unspecified atom stereocenters. The topological polar surface area (TPSA) is 21.3 Å². The molecule has 0 aliphatic rings. The summed E-state index contributed by atoms with van der Waals surface area (Å²) in [5.41, 5.74) is 3.61. The van der Waals surface area contributed by atoms with Gasteiger partial charge in [-0.1, -0.05) is 6.08 Å². The number of rotatable bonds is 2. The lowest BCUT2D eigenvalue weighted by atomic mass is 10.5. The second-order valence-corrected chi connectivity index (χ2v) is 1.73. The number of nitrogens with one attached hydrogen (secondary N) is 1. The van der Waals surface area contributed by atoms with E-state index in [0.29, 0.717) is 0 Å². The molecule has 0 radical (unpaired) electrons. The zero-order chi connectivity index (χ0) is 6.41. The molecule has 0 heterocycles. The monoisotopic (exact) mass is 127 g/mol. The Morgan fingerprint density at radius 3 is 2.88 bits per heavy atom. The fourth-order valence-corrected chi connectivity index (χ4v) is 0.389. The average Bonchev–Trinajstić information content (AvgIpc) is 1.83. The summed E-state index contributed by atoms with van der Waals surface area (Å²) in [6.07, 6.45) is 1.90. The second-order valence-electron chi connectivity index (χ2n) is 1.29. The molecule has 0 aliphatic carbocycles. The Morgan fingerprint density at radius 2 is 2.50 bits per heavy atom. The zero-order valence-corrected chi connectivity index (χ0v) is 6.06. The first-order valence-corrected chi connectivity index (χ1v) is 3.30. The van der Waals surface area contributed by atoms with Crippen LogP contribution >= 0.6 is 0 Å². The minimum absolute atomic E-state index is 0.00165. The molecule has 0 aliphatic heterocycles. The van der Waals surface area contributed by atoms with Crippen LogP contribution in [0.4, 0.5) is 0 Å². The van der Waals surface area contributed by atoms with E-state index in [-0.39, 0.29) is 9.20 Å². The highest BCUT2D eigenvalue weighted by Gasteiger charge is 1.77. The lowest BCUT2D eigenvalue weighted by Gasteiger charge is -1.99. The van der Waals surface area contributed by atoms with Crippen LogP contribution in [0.5, 0.6) is 0 Å². The Bertz CT molecular complexity index is 125. The van der Waals surface area contributed by atoms with Crippen molar-refractivity contribution in [3.05, 3.63) is 11.8 Å². The van der Waals surface area contributed by atoms with E-state index in [1.807, 2.05) is 19.9 Å². The number of allylic oxidation sites excluding steroid dienone is 2. The highest BCUT2D eigenvalue weighted by Crippen LogP contribution is 1.80. The van der Waals surface area contributed by atoms with Crippen LogP contribution in [0.1, 0.15) is 13.8 Å². The summed E-state index contributed by atoms with van der Waals surface area (Å²) in [7, 11) is 0.00165. The van der Waals surface area contributed by atoms with E-state index in [4.69, 9.17) is 6.00 Å². The first-order chi connectivity index (χ1) is 3.81. The van der Waals surface area contributed by atoms with Gasteiger partial charge in [0.2, 0.25) is 0 Å². The maximum atomic E-state index is 5.05. The van der Waals surface area contributed by atoms with Crippen molar-refractivity contribution in [2.24, 2.45) is 0 Å². The van der Waals surface area contributed by atoms with Crippen molar-refractivity contribution in [3.63, 3.8) is 0 Å². The predicted octanol–water partition coefficient (Wildman–Crippen LogP) is 0.639. The molecule has 0 amide bonds. The van der Waals surface area contributed by atoms with Crippen molar-refractivity contribution in [3.8, 4) is 6.00 Å². The minimum Gasteiger partial charge on any atom is -0.397 e. The van der Waals surface area contributed by atoms with Gasteiger partial charge >= 0.3 is 0 Å². The molecule has 1 N–H and O–H groups in total. The molecule has 0 atom stereocenters. The van der Waals surface area contributed by atoms with Gasteiger partial charge in [0.1, 0.15) is 0 Å². The SMILES string of the molecule is C#[Si]ON/C(C)=C/C. The molecule has 0 bridgehead atoms. The van der Waals surface area contributed by atoms with E-state index in [2.05, 4.69) is 10.0 Å². The third-order valence-corrected chi connectivity index (χ3v) is 0.924. The largest absolute Gasteiger partial charge is 0.397 e. The molecular weight excluding hydrogens is 118 g/mol. The summed E-state index contributed by atoms with van der Waals surface area (Å²) in [5, 5.41) is 0. The van der Waals surface area contributed by atoms with E-state index in [9.17, 15) is 0 Å². The fraction of sp³-hybridized carbons (Fsp3) is 0.400. The molecule has 0 saturated heterocycles. The fourth-order valence-electron chi connectivity index (χ4n) is 0.169. The zero-order valence-electron chi connectivity index (χ0n) is 5.06. The van der Waals surface area contributed by atoms with Gasteiger partial charge in [-0.3, -0.25) is 0 Å². The summed E-state index contributed by atoms with van der Waals surface area (Å²) in [4.78, 5) is 0. The maximum Gasteiger partial charge on any atom is 0.281 e. The van der Waals surface area contributed by atoms with E-state index in [1.54, 1.807) is 0 Å². The first-order valence-electron chi connectivity index (χ1n) is 2.31. The van der Waals surface area contributed by atoms with Gasteiger partial charge < -0.3 is 4.53 Å². The third kappa shape index (κ3) is 3.52. The summed E-state index contributed by atoms with van der Waals surface area (Å²) >= 11 is 0. The van der Waals surface area contributed by atoms with Crippen LogP contribution in [0.2, 0.25) is 0 Å². The van der Waals surface area contributed by atoms with Gasteiger partial charge in [0.05, 0.1) is 0 Å². The van der Waals surface area contributed by atoms with Crippen LogP contribution in [0.25, 0.3) is 0 Å². The molecule has 0 aromatic rings. The van der Waals surface area contributed by atoms with Crippen LogP contribution in [-0.2, 0) is 4.53 Å². The Hall–Kier alpha value is -0.663. The quantitative estimate of drug-likeness (QED) is 0.434. The van der Waals surface area contributed by atoms with Crippen molar-refractivity contribution in [1.82, 2.24) is 5.48 Å². The Kier molecular flexibility index (Phi) is 4.12. The third-order valence-electron chi connectivity index (χ3n) is 0.704. The molecule has 44 valence electrons. The average molecular weight is 127 g/mol. The molecule has 0 spiro atoms. The molecule has 3 heteroatoms. The lowest BCUT2D eigenvalue weighted by molar-refractivity contribution is 0.252. The van der Waals surface area contributed by atoms with Crippen molar-refractivity contribution in [2.45, 2.75) is 13.8 Å². The summed E-state index contributed by atoms with van der Waals surface area (Å²) in [6, 6.07) is 5.05. The standard InChI is InChI=1S/C5H9NOSi/c1-4-5(2)6-7-8-3/h3-4,6H,1-2H3/b5-4+. The minimum atomic E-state index is 0.00165. The summed E-state index contributed by atoms with van der Waals surface area (Å²) in [5.74, 6) is 0. The smallest absolute Gasteiger partial charge is 0.281 e. The Labute approximate surface area is 51.7 Å².